The van der Waals surface area contributed by atoms with Crippen LogP contribution in [0.15, 0.2) is 42.5 Å². The van der Waals surface area contributed by atoms with Gasteiger partial charge in [-0.25, -0.2) is 9.78 Å². The molecule has 0 spiro atoms. The number of aromatic amines is 1. The van der Waals surface area contributed by atoms with Gasteiger partial charge >= 0.3 is 6.03 Å². The topological polar surface area (TPSA) is 90.1 Å². The first-order valence-electron chi connectivity index (χ1n) is 8.99. The number of hydrogen-bond acceptors (Lipinski definition) is 3. The van der Waals surface area contributed by atoms with Crippen molar-refractivity contribution in [3.05, 3.63) is 59.4 Å². The lowest BCUT2D eigenvalue weighted by Crippen LogP contribution is -2.29. The molecule has 0 saturated carbocycles. The van der Waals surface area contributed by atoms with E-state index in [0.717, 1.165) is 28.1 Å². The van der Waals surface area contributed by atoms with Crippen LogP contribution < -0.4 is 15.5 Å². The number of anilines is 1. The van der Waals surface area contributed by atoms with Crippen molar-refractivity contribution in [2.75, 3.05) is 24.5 Å². The highest BCUT2D eigenvalue weighted by molar-refractivity contribution is 5.99. The minimum Gasteiger partial charge on any atom is -0.352 e. The number of hydrogen-bond donors (Lipinski definition) is 3. The second-order valence-electron chi connectivity index (χ2n) is 6.59. The highest BCUT2D eigenvalue weighted by Crippen LogP contribution is 2.23. The van der Waals surface area contributed by atoms with Gasteiger partial charge in [0.2, 0.25) is 0 Å². The number of nitrogens with zero attached hydrogens (tertiary/aromatic N) is 2. The van der Waals surface area contributed by atoms with Gasteiger partial charge in [0.1, 0.15) is 5.82 Å². The zero-order valence-electron chi connectivity index (χ0n) is 15.1. The lowest BCUT2D eigenvalue weighted by atomic mass is 10.1. The largest absolute Gasteiger partial charge is 0.352 e. The number of aromatic nitrogens is 2. The molecular weight excluding hydrogens is 342 g/mol. The maximum Gasteiger partial charge on any atom is 0.322 e. The SMILES string of the molecule is Cc1ccc(C(=O)NCCc2nc3ccccc3[nH]2)cc1N1CCNC1=O. The van der Waals surface area contributed by atoms with E-state index < -0.39 is 0 Å². The average molecular weight is 363 g/mol. The molecule has 3 amide bonds. The summed E-state index contributed by atoms with van der Waals surface area (Å²) in [6, 6.07) is 13.1. The van der Waals surface area contributed by atoms with E-state index in [9.17, 15) is 9.59 Å². The van der Waals surface area contributed by atoms with Gasteiger partial charge in [-0.2, -0.15) is 0 Å². The summed E-state index contributed by atoms with van der Waals surface area (Å²) < 4.78 is 0. The fourth-order valence-corrected chi connectivity index (χ4v) is 3.26. The van der Waals surface area contributed by atoms with Crippen LogP contribution in [0.5, 0.6) is 0 Å². The molecule has 2 heterocycles. The molecule has 0 aliphatic carbocycles. The summed E-state index contributed by atoms with van der Waals surface area (Å²) in [6.07, 6.45) is 0.619. The quantitative estimate of drug-likeness (QED) is 0.650. The molecular formula is C20H21N5O2. The summed E-state index contributed by atoms with van der Waals surface area (Å²) in [6.45, 7) is 3.64. The van der Waals surface area contributed by atoms with Crippen LogP contribution >= 0.6 is 0 Å². The molecule has 3 N–H and O–H groups in total. The van der Waals surface area contributed by atoms with Crippen molar-refractivity contribution in [3.8, 4) is 0 Å². The van der Waals surface area contributed by atoms with E-state index >= 15 is 0 Å². The van der Waals surface area contributed by atoms with E-state index in [4.69, 9.17) is 0 Å². The molecule has 0 bridgehead atoms. The number of imidazole rings is 1. The van der Waals surface area contributed by atoms with Gasteiger partial charge in [-0.1, -0.05) is 18.2 Å². The fraction of sp³-hybridized carbons (Fsp3) is 0.250. The van der Waals surface area contributed by atoms with Crippen molar-refractivity contribution >= 4 is 28.7 Å². The molecule has 1 saturated heterocycles. The Balaban J connectivity index is 1.41. The van der Waals surface area contributed by atoms with Gasteiger partial charge in [0.15, 0.2) is 0 Å². The Hall–Kier alpha value is -3.35. The lowest BCUT2D eigenvalue weighted by molar-refractivity contribution is 0.0954. The summed E-state index contributed by atoms with van der Waals surface area (Å²) in [4.78, 5) is 33.9. The van der Waals surface area contributed by atoms with E-state index in [1.807, 2.05) is 37.3 Å². The zero-order valence-corrected chi connectivity index (χ0v) is 15.1. The number of rotatable bonds is 5. The van der Waals surface area contributed by atoms with E-state index in [1.165, 1.54) is 0 Å². The number of nitrogens with one attached hydrogen (secondary N) is 3. The first-order valence-corrected chi connectivity index (χ1v) is 8.99. The van der Waals surface area contributed by atoms with Gasteiger partial charge in [-0.3, -0.25) is 9.69 Å². The van der Waals surface area contributed by atoms with Crippen LogP contribution in [0.2, 0.25) is 0 Å². The maximum atomic E-state index is 12.5. The highest BCUT2D eigenvalue weighted by Gasteiger charge is 2.23. The Morgan fingerprint density at radius 3 is 2.89 bits per heavy atom. The Labute approximate surface area is 156 Å². The van der Waals surface area contributed by atoms with E-state index in [-0.39, 0.29) is 11.9 Å². The Kier molecular flexibility index (Phi) is 4.50. The highest BCUT2D eigenvalue weighted by atomic mass is 16.2. The Bertz CT molecular complexity index is 978. The van der Waals surface area contributed by atoms with Gasteiger partial charge in [0, 0.05) is 37.3 Å². The van der Waals surface area contributed by atoms with E-state index in [0.29, 0.717) is 31.6 Å². The molecule has 1 aliphatic heterocycles. The normalized spacial score (nSPS) is 13.8. The number of benzene rings is 2. The minimum atomic E-state index is -0.160. The van der Waals surface area contributed by atoms with Crippen LogP contribution in [0.25, 0.3) is 11.0 Å². The molecule has 4 rings (SSSR count). The number of urea groups is 1. The Morgan fingerprint density at radius 1 is 1.26 bits per heavy atom. The molecule has 1 fully saturated rings. The standard InChI is InChI=1S/C20H21N5O2/c1-13-6-7-14(12-17(13)25-11-10-22-20(25)27)19(26)21-9-8-18-23-15-4-2-3-5-16(15)24-18/h2-7,12H,8-11H2,1H3,(H,21,26)(H,22,27)(H,23,24). The predicted molar refractivity (Wildman–Crippen MR) is 104 cm³/mol. The molecule has 0 radical (unpaired) electrons. The van der Waals surface area contributed by atoms with Crippen LogP contribution in [0.4, 0.5) is 10.5 Å². The van der Waals surface area contributed by atoms with Crippen molar-refractivity contribution in [1.82, 2.24) is 20.6 Å². The summed E-state index contributed by atoms with van der Waals surface area (Å²) >= 11 is 0. The maximum absolute atomic E-state index is 12.5. The van der Waals surface area contributed by atoms with Gasteiger partial charge in [0.25, 0.3) is 5.91 Å². The van der Waals surface area contributed by atoms with Gasteiger partial charge in [0.05, 0.1) is 11.0 Å². The molecule has 0 atom stereocenters. The first kappa shape index (κ1) is 17.1. The predicted octanol–water partition coefficient (Wildman–Crippen LogP) is 2.37. The van der Waals surface area contributed by atoms with E-state index in [2.05, 4.69) is 20.6 Å². The van der Waals surface area contributed by atoms with Crippen LogP contribution in [-0.4, -0.2) is 41.5 Å². The van der Waals surface area contributed by atoms with Crippen LogP contribution in [0.3, 0.4) is 0 Å². The van der Waals surface area contributed by atoms with Crippen molar-refractivity contribution in [2.24, 2.45) is 0 Å². The second-order valence-corrected chi connectivity index (χ2v) is 6.59. The minimum absolute atomic E-state index is 0.124. The van der Waals surface area contributed by atoms with Gasteiger partial charge < -0.3 is 15.6 Å². The van der Waals surface area contributed by atoms with Crippen LogP contribution in [-0.2, 0) is 6.42 Å². The molecule has 27 heavy (non-hydrogen) atoms. The smallest absolute Gasteiger partial charge is 0.322 e. The number of aryl methyl sites for hydroxylation is 1. The van der Waals surface area contributed by atoms with Crippen LogP contribution in [0.1, 0.15) is 21.7 Å². The summed E-state index contributed by atoms with van der Waals surface area (Å²) in [5.41, 5.74) is 4.19. The van der Waals surface area contributed by atoms with Crippen molar-refractivity contribution in [3.63, 3.8) is 0 Å². The second kappa shape index (κ2) is 7.11. The molecule has 7 nitrogen and oxygen atoms in total. The monoisotopic (exact) mass is 363 g/mol. The summed E-state index contributed by atoms with van der Waals surface area (Å²) in [7, 11) is 0. The third-order valence-corrected chi connectivity index (χ3v) is 4.70. The number of amides is 3. The number of H-pyrrole nitrogens is 1. The molecule has 3 aromatic rings. The number of carbonyl (C=O) groups excluding carboxylic acids is 2. The van der Waals surface area contributed by atoms with Crippen molar-refractivity contribution < 1.29 is 9.59 Å². The van der Waals surface area contributed by atoms with Gasteiger partial charge in [-0.05, 0) is 36.8 Å². The number of fused-ring (bicyclic) bond motifs is 1. The summed E-state index contributed by atoms with van der Waals surface area (Å²) in [5.74, 6) is 0.682. The Morgan fingerprint density at radius 2 is 2.11 bits per heavy atom. The zero-order chi connectivity index (χ0) is 18.8. The summed E-state index contributed by atoms with van der Waals surface area (Å²) in [5, 5.41) is 5.71. The average Bonchev–Trinajstić information content (AvgIpc) is 3.27. The number of carbonyl (C=O) groups is 2. The first-order chi connectivity index (χ1) is 13.1. The molecule has 1 aromatic heterocycles. The van der Waals surface area contributed by atoms with E-state index in [1.54, 1.807) is 17.0 Å². The van der Waals surface area contributed by atoms with Gasteiger partial charge in [-0.15, -0.1) is 0 Å². The van der Waals surface area contributed by atoms with Crippen molar-refractivity contribution in [1.29, 1.82) is 0 Å². The third-order valence-electron chi connectivity index (χ3n) is 4.70. The lowest BCUT2D eigenvalue weighted by Gasteiger charge is -2.18. The molecule has 138 valence electrons. The van der Waals surface area contributed by atoms with Crippen molar-refractivity contribution in [2.45, 2.75) is 13.3 Å². The molecule has 0 unspecified atom stereocenters. The molecule has 2 aromatic carbocycles. The molecule has 1 aliphatic rings. The van der Waals surface area contributed by atoms with Crippen LogP contribution in [0, 0.1) is 6.92 Å². The third kappa shape index (κ3) is 3.48. The number of para-hydroxylation sites is 2. The molecule has 7 heteroatoms. The fourth-order valence-electron chi connectivity index (χ4n) is 3.26.